The van der Waals surface area contributed by atoms with Gasteiger partial charge < -0.3 is 10.0 Å². The van der Waals surface area contributed by atoms with E-state index in [-0.39, 0.29) is 5.15 Å². The smallest absolute Gasteiger partial charge is 0.187 e. The van der Waals surface area contributed by atoms with Gasteiger partial charge in [-0.05, 0) is 12.8 Å². The van der Waals surface area contributed by atoms with Gasteiger partial charge in [-0.3, -0.25) is 4.79 Å². The Balaban J connectivity index is 2.08. The van der Waals surface area contributed by atoms with Crippen LogP contribution in [0.1, 0.15) is 35.4 Å². The molecule has 1 saturated carbocycles. The van der Waals surface area contributed by atoms with Gasteiger partial charge in [-0.2, -0.15) is 0 Å². The normalized spacial score (nSPS) is 18.3. The van der Waals surface area contributed by atoms with Crippen molar-refractivity contribution in [1.29, 1.82) is 0 Å². The number of aldehydes is 1. The number of halogens is 1. The SMILES string of the molecule is CN(CC1(O)CCCC1)c1nc(Cl)c(C=O)s1. The Morgan fingerprint density at radius 1 is 1.59 bits per heavy atom. The van der Waals surface area contributed by atoms with E-state index in [1.165, 1.54) is 11.3 Å². The summed E-state index contributed by atoms with van der Waals surface area (Å²) in [5, 5.41) is 11.2. The maximum Gasteiger partial charge on any atom is 0.187 e. The molecule has 0 aromatic carbocycles. The molecular weight excluding hydrogens is 260 g/mol. The van der Waals surface area contributed by atoms with Crippen molar-refractivity contribution in [1.82, 2.24) is 4.98 Å². The third-order valence-electron chi connectivity index (χ3n) is 3.10. The number of thiazole rings is 1. The van der Waals surface area contributed by atoms with Gasteiger partial charge in [0.1, 0.15) is 4.88 Å². The highest BCUT2D eigenvalue weighted by Gasteiger charge is 2.33. The van der Waals surface area contributed by atoms with Gasteiger partial charge >= 0.3 is 0 Å². The number of aliphatic hydroxyl groups is 1. The van der Waals surface area contributed by atoms with Crippen LogP contribution in [0.2, 0.25) is 5.15 Å². The Hall–Kier alpha value is -0.650. The zero-order valence-corrected chi connectivity index (χ0v) is 11.2. The summed E-state index contributed by atoms with van der Waals surface area (Å²) >= 11 is 7.07. The molecule has 0 spiro atoms. The van der Waals surface area contributed by atoms with Crippen LogP contribution < -0.4 is 4.90 Å². The molecule has 1 heterocycles. The third kappa shape index (κ3) is 2.78. The zero-order chi connectivity index (χ0) is 12.5. The zero-order valence-electron chi connectivity index (χ0n) is 9.65. The lowest BCUT2D eigenvalue weighted by molar-refractivity contribution is 0.0559. The summed E-state index contributed by atoms with van der Waals surface area (Å²) in [5.74, 6) is 0. The molecule has 0 unspecified atom stereocenters. The lowest BCUT2D eigenvalue weighted by atomic mass is 10.0. The van der Waals surface area contributed by atoms with E-state index in [1.54, 1.807) is 0 Å². The maximum atomic E-state index is 10.7. The van der Waals surface area contributed by atoms with Crippen molar-refractivity contribution in [2.45, 2.75) is 31.3 Å². The first-order chi connectivity index (χ1) is 8.04. The monoisotopic (exact) mass is 274 g/mol. The fourth-order valence-corrected chi connectivity index (χ4v) is 3.26. The summed E-state index contributed by atoms with van der Waals surface area (Å²) in [6.45, 7) is 0.537. The fourth-order valence-electron chi connectivity index (χ4n) is 2.24. The van der Waals surface area contributed by atoms with E-state index in [2.05, 4.69) is 4.98 Å². The standard InChI is InChI=1S/C11H15ClN2O2S/c1-14(7-11(16)4-2-3-5-11)10-13-9(12)8(6-15)17-10/h6,16H,2-5,7H2,1H3. The summed E-state index contributed by atoms with van der Waals surface area (Å²) in [6, 6.07) is 0. The number of hydrogen-bond acceptors (Lipinski definition) is 5. The molecule has 17 heavy (non-hydrogen) atoms. The minimum Gasteiger partial charge on any atom is -0.388 e. The summed E-state index contributed by atoms with van der Waals surface area (Å²) in [6.07, 6.45) is 4.51. The molecule has 1 N–H and O–H groups in total. The van der Waals surface area contributed by atoms with Gasteiger partial charge in [0, 0.05) is 13.6 Å². The quantitative estimate of drug-likeness (QED) is 0.857. The van der Waals surface area contributed by atoms with Gasteiger partial charge in [0.15, 0.2) is 16.6 Å². The molecule has 1 aromatic heterocycles. The van der Waals surface area contributed by atoms with E-state index in [4.69, 9.17) is 11.6 Å². The maximum absolute atomic E-state index is 10.7. The van der Waals surface area contributed by atoms with Gasteiger partial charge in [-0.1, -0.05) is 35.8 Å². The first-order valence-corrected chi connectivity index (χ1v) is 6.78. The highest BCUT2D eigenvalue weighted by molar-refractivity contribution is 7.17. The van der Waals surface area contributed by atoms with Crippen LogP contribution in [0.25, 0.3) is 0 Å². The average molecular weight is 275 g/mol. The largest absolute Gasteiger partial charge is 0.388 e. The number of carbonyl (C=O) groups excluding carboxylic acids is 1. The minimum absolute atomic E-state index is 0.241. The number of hydrogen-bond donors (Lipinski definition) is 1. The molecule has 0 bridgehead atoms. The van der Waals surface area contributed by atoms with Crippen LogP contribution in [0.5, 0.6) is 0 Å². The molecule has 0 aliphatic heterocycles. The van der Waals surface area contributed by atoms with Crippen molar-refractivity contribution in [2.24, 2.45) is 0 Å². The predicted molar refractivity (Wildman–Crippen MR) is 69.2 cm³/mol. The molecule has 4 nitrogen and oxygen atoms in total. The van der Waals surface area contributed by atoms with Gasteiger partial charge in [0.05, 0.1) is 5.60 Å². The Labute approximate surface area is 109 Å². The molecular formula is C11H15ClN2O2S. The van der Waals surface area contributed by atoms with E-state index in [0.29, 0.717) is 22.8 Å². The van der Waals surface area contributed by atoms with Crippen LogP contribution in [0.4, 0.5) is 5.13 Å². The predicted octanol–water partition coefficient (Wildman–Crippen LogP) is 2.35. The molecule has 0 saturated heterocycles. The lowest BCUT2D eigenvalue weighted by Gasteiger charge is -2.28. The van der Waals surface area contributed by atoms with Gasteiger partial charge in [0.2, 0.25) is 0 Å². The van der Waals surface area contributed by atoms with Crippen LogP contribution in [0.3, 0.4) is 0 Å². The minimum atomic E-state index is -0.617. The summed E-state index contributed by atoms with van der Waals surface area (Å²) < 4.78 is 0. The molecule has 1 aliphatic rings. The summed E-state index contributed by atoms with van der Waals surface area (Å²) in [7, 11) is 1.86. The average Bonchev–Trinajstić information content (AvgIpc) is 2.85. The Kier molecular flexibility index (Phi) is 3.70. The highest BCUT2D eigenvalue weighted by atomic mass is 35.5. The second-order valence-electron chi connectivity index (χ2n) is 4.56. The third-order valence-corrected chi connectivity index (χ3v) is 4.59. The summed E-state index contributed by atoms with van der Waals surface area (Å²) in [5.41, 5.74) is -0.617. The van der Waals surface area contributed by atoms with Crippen molar-refractivity contribution < 1.29 is 9.90 Å². The lowest BCUT2D eigenvalue weighted by Crippen LogP contribution is -2.39. The molecule has 0 atom stereocenters. The highest BCUT2D eigenvalue weighted by Crippen LogP contribution is 2.33. The van der Waals surface area contributed by atoms with E-state index >= 15 is 0 Å². The molecule has 0 radical (unpaired) electrons. The number of nitrogens with zero attached hydrogens (tertiary/aromatic N) is 2. The second kappa shape index (κ2) is 4.92. The molecule has 94 valence electrons. The van der Waals surface area contributed by atoms with Crippen molar-refractivity contribution in [3.63, 3.8) is 0 Å². The van der Waals surface area contributed by atoms with E-state index in [0.717, 1.165) is 25.7 Å². The molecule has 1 aliphatic carbocycles. The first kappa shape index (κ1) is 12.8. The van der Waals surface area contributed by atoms with Crippen molar-refractivity contribution in [3.8, 4) is 0 Å². The van der Waals surface area contributed by atoms with Crippen LogP contribution >= 0.6 is 22.9 Å². The van der Waals surface area contributed by atoms with Crippen molar-refractivity contribution in [3.05, 3.63) is 10.0 Å². The van der Waals surface area contributed by atoms with Crippen molar-refractivity contribution >= 4 is 34.4 Å². The molecule has 1 fully saturated rings. The molecule has 1 aromatic rings. The Morgan fingerprint density at radius 2 is 2.24 bits per heavy atom. The Bertz CT molecular complexity index is 416. The van der Waals surface area contributed by atoms with E-state index in [1.807, 2.05) is 11.9 Å². The molecule has 0 amide bonds. The first-order valence-electron chi connectivity index (χ1n) is 5.59. The van der Waals surface area contributed by atoms with Crippen LogP contribution in [0.15, 0.2) is 0 Å². The molecule has 2 rings (SSSR count). The topological polar surface area (TPSA) is 53.4 Å². The van der Waals surface area contributed by atoms with Crippen LogP contribution in [0, 0.1) is 0 Å². The van der Waals surface area contributed by atoms with Gasteiger partial charge in [0.25, 0.3) is 0 Å². The molecule has 6 heteroatoms. The van der Waals surface area contributed by atoms with Crippen molar-refractivity contribution in [2.75, 3.05) is 18.5 Å². The van der Waals surface area contributed by atoms with Crippen LogP contribution in [-0.2, 0) is 0 Å². The van der Waals surface area contributed by atoms with Gasteiger partial charge in [-0.15, -0.1) is 0 Å². The second-order valence-corrected chi connectivity index (χ2v) is 5.92. The number of carbonyl (C=O) groups is 1. The number of likely N-dealkylation sites (N-methyl/N-ethyl adjacent to an activating group) is 1. The fraction of sp³-hybridized carbons (Fsp3) is 0.636. The van der Waals surface area contributed by atoms with Crippen LogP contribution in [-0.4, -0.2) is 35.6 Å². The number of rotatable bonds is 4. The van der Waals surface area contributed by atoms with E-state index in [9.17, 15) is 9.90 Å². The number of anilines is 1. The number of aromatic nitrogens is 1. The van der Waals surface area contributed by atoms with Gasteiger partial charge in [-0.25, -0.2) is 4.98 Å². The Morgan fingerprint density at radius 3 is 2.76 bits per heavy atom. The summed E-state index contributed by atoms with van der Waals surface area (Å²) in [4.78, 5) is 17.1. The van der Waals surface area contributed by atoms with E-state index < -0.39 is 5.60 Å².